The van der Waals surface area contributed by atoms with Crippen LogP contribution in [0.2, 0.25) is 0 Å². The summed E-state index contributed by atoms with van der Waals surface area (Å²) in [6.45, 7) is 5.27. The molecule has 1 aromatic carbocycles. The summed E-state index contributed by atoms with van der Waals surface area (Å²) in [5, 5.41) is 9.27. The molecule has 2 atom stereocenters. The Kier molecular flexibility index (Phi) is 5.86. The summed E-state index contributed by atoms with van der Waals surface area (Å²) < 4.78 is 6.71. The van der Waals surface area contributed by atoms with Crippen molar-refractivity contribution in [2.45, 2.75) is 64.0 Å². The van der Waals surface area contributed by atoms with Crippen LogP contribution in [0.15, 0.2) is 41.3 Å². The minimum atomic E-state index is -1.35. The van der Waals surface area contributed by atoms with E-state index < -0.39 is 34.7 Å². The second-order valence-corrected chi connectivity index (χ2v) is 8.37. The van der Waals surface area contributed by atoms with Crippen molar-refractivity contribution >= 4 is 11.9 Å². The van der Waals surface area contributed by atoms with Gasteiger partial charge in [0.15, 0.2) is 0 Å². The van der Waals surface area contributed by atoms with Gasteiger partial charge in [-0.3, -0.25) is 9.36 Å². The summed E-state index contributed by atoms with van der Waals surface area (Å²) in [6, 6.07) is 9.23. The Bertz CT molecular complexity index is 959. The molecule has 1 aliphatic rings. The van der Waals surface area contributed by atoms with E-state index in [-0.39, 0.29) is 5.92 Å². The first-order chi connectivity index (χ1) is 13.7. The van der Waals surface area contributed by atoms with E-state index in [2.05, 4.69) is 17.1 Å². The highest BCUT2D eigenvalue weighted by Gasteiger charge is 2.40. The summed E-state index contributed by atoms with van der Waals surface area (Å²) in [6.07, 6.45) is 3.97. The number of esters is 1. The highest BCUT2D eigenvalue weighted by Crippen LogP contribution is 2.38. The zero-order chi connectivity index (χ0) is 21.2. The number of hydrogen-bond acceptors (Lipinski definition) is 5. The second kappa shape index (κ2) is 8.19. The first kappa shape index (κ1) is 20.8. The van der Waals surface area contributed by atoms with Crippen molar-refractivity contribution in [2.75, 3.05) is 0 Å². The predicted molar refractivity (Wildman–Crippen MR) is 107 cm³/mol. The van der Waals surface area contributed by atoms with Gasteiger partial charge in [-0.15, -0.1) is 0 Å². The van der Waals surface area contributed by atoms with Crippen LogP contribution in [-0.2, 0) is 16.0 Å². The minimum Gasteiger partial charge on any atom is -0.477 e. The number of rotatable bonds is 6. The van der Waals surface area contributed by atoms with Gasteiger partial charge in [0.05, 0.1) is 0 Å². The van der Waals surface area contributed by atoms with Gasteiger partial charge in [-0.2, -0.15) is 0 Å². The molecule has 0 unspecified atom stereocenters. The Morgan fingerprint density at radius 1 is 1.24 bits per heavy atom. The summed E-state index contributed by atoms with van der Waals surface area (Å²) >= 11 is 0. The molecule has 0 bridgehead atoms. The molecule has 0 saturated carbocycles. The number of hydrogen-bond donors (Lipinski definition) is 1. The third-order valence-electron chi connectivity index (χ3n) is 4.98. The van der Waals surface area contributed by atoms with Gasteiger partial charge in [-0.1, -0.05) is 30.3 Å². The lowest BCUT2D eigenvalue weighted by Crippen LogP contribution is -2.35. The lowest BCUT2D eigenvalue weighted by Gasteiger charge is -2.23. The van der Waals surface area contributed by atoms with Crippen molar-refractivity contribution in [2.24, 2.45) is 0 Å². The SMILES string of the molecule is CC(C)(C)OC(=O)[C@@H]1C[C@H](CCCc2ccccc2)c2ncc(C(=O)O)c(=O)n21. The van der Waals surface area contributed by atoms with Crippen LogP contribution in [-0.4, -0.2) is 32.2 Å². The third kappa shape index (κ3) is 4.72. The quantitative estimate of drug-likeness (QED) is 0.750. The molecule has 29 heavy (non-hydrogen) atoms. The maximum Gasteiger partial charge on any atom is 0.342 e. The van der Waals surface area contributed by atoms with E-state index in [9.17, 15) is 19.5 Å². The monoisotopic (exact) mass is 398 g/mol. The average Bonchev–Trinajstić information content (AvgIpc) is 3.01. The second-order valence-electron chi connectivity index (χ2n) is 8.37. The van der Waals surface area contributed by atoms with Gasteiger partial charge in [-0.05, 0) is 52.0 Å². The van der Waals surface area contributed by atoms with Crippen molar-refractivity contribution in [3.63, 3.8) is 0 Å². The Balaban J connectivity index is 1.86. The maximum absolute atomic E-state index is 12.8. The lowest BCUT2D eigenvalue weighted by atomic mass is 9.96. The number of ether oxygens (including phenoxy) is 1. The molecule has 0 fully saturated rings. The largest absolute Gasteiger partial charge is 0.477 e. The number of carbonyl (C=O) groups is 2. The molecule has 3 rings (SSSR count). The molecule has 0 spiro atoms. The molecule has 0 radical (unpaired) electrons. The van der Waals surface area contributed by atoms with Crippen molar-refractivity contribution < 1.29 is 19.4 Å². The molecule has 154 valence electrons. The molecule has 0 aliphatic carbocycles. The Morgan fingerprint density at radius 2 is 1.93 bits per heavy atom. The highest BCUT2D eigenvalue weighted by atomic mass is 16.6. The van der Waals surface area contributed by atoms with Crippen molar-refractivity contribution in [3.05, 3.63) is 63.8 Å². The van der Waals surface area contributed by atoms with E-state index >= 15 is 0 Å². The van der Waals surface area contributed by atoms with Gasteiger partial charge in [0.25, 0.3) is 5.56 Å². The van der Waals surface area contributed by atoms with Crippen LogP contribution in [0, 0.1) is 0 Å². The van der Waals surface area contributed by atoms with E-state index in [1.54, 1.807) is 20.8 Å². The normalized spacial score (nSPS) is 18.3. The van der Waals surface area contributed by atoms with Crippen LogP contribution < -0.4 is 5.56 Å². The van der Waals surface area contributed by atoms with Gasteiger partial charge in [0.2, 0.25) is 0 Å². The molecular weight excluding hydrogens is 372 g/mol. The van der Waals surface area contributed by atoms with Crippen LogP contribution in [0.4, 0.5) is 0 Å². The van der Waals surface area contributed by atoms with E-state index in [4.69, 9.17) is 4.74 Å². The summed E-state index contributed by atoms with van der Waals surface area (Å²) in [5.74, 6) is -1.53. The summed E-state index contributed by atoms with van der Waals surface area (Å²) in [7, 11) is 0. The molecular formula is C22H26N2O5. The fourth-order valence-electron chi connectivity index (χ4n) is 3.73. The predicted octanol–water partition coefficient (Wildman–Crippen LogP) is 3.33. The highest BCUT2D eigenvalue weighted by molar-refractivity contribution is 5.87. The molecule has 7 heteroatoms. The van der Waals surface area contributed by atoms with Crippen molar-refractivity contribution in [1.29, 1.82) is 0 Å². The fraction of sp³-hybridized carbons (Fsp3) is 0.455. The van der Waals surface area contributed by atoms with Gasteiger partial charge >= 0.3 is 11.9 Å². The average molecular weight is 398 g/mol. The Hall–Kier alpha value is -2.96. The smallest absolute Gasteiger partial charge is 0.342 e. The third-order valence-corrected chi connectivity index (χ3v) is 4.98. The first-order valence-corrected chi connectivity index (χ1v) is 9.79. The number of carbonyl (C=O) groups excluding carboxylic acids is 1. The van der Waals surface area contributed by atoms with Crippen molar-refractivity contribution in [3.8, 4) is 0 Å². The summed E-state index contributed by atoms with van der Waals surface area (Å²) in [5.41, 5.74) is -0.624. The number of nitrogens with zero attached hydrogens (tertiary/aromatic N) is 2. The number of aromatic carboxylic acids is 1. The molecule has 0 amide bonds. The van der Waals surface area contributed by atoms with Crippen LogP contribution in [0.5, 0.6) is 0 Å². The zero-order valence-corrected chi connectivity index (χ0v) is 16.9. The van der Waals surface area contributed by atoms with E-state index in [1.165, 1.54) is 10.1 Å². The molecule has 2 aromatic rings. The number of aryl methyl sites for hydroxylation is 1. The van der Waals surface area contributed by atoms with Crippen molar-refractivity contribution in [1.82, 2.24) is 9.55 Å². The first-order valence-electron chi connectivity index (χ1n) is 9.79. The Labute approximate surface area is 169 Å². The number of fused-ring (bicyclic) bond motifs is 1. The van der Waals surface area contributed by atoms with E-state index in [0.717, 1.165) is 25.5 Å². The molecule has 7 nitrogen and oxygen atoms in total. The molecule has 2 heterocycles. The molecule has 1 aliphatic heterocycles. The molecule has 1 N–H and O–H groups in total. The van der Waals surface area contributed by atoms with Gasteiger partial charge in [0, 0.05) is 12.1 Å². The van der Waals surface area contributed by atoms with Gasteiger partial charge in [-0.25, -0.2) is 14.6 Å². The minimum absolute atomic E-state index is 0.105. The van der Waals surface area contributed by atoms with Crippen LogP contribution in [0.3, 0.4) is 0 Å². The lowest BCUT2D eigenvalue weighted by molar-refractivity contribution is -0.159. The Morgan fingerprint density at radius 3 is 2.55 bits per heavy atom. The molecule has 1 aromatic heterocycles. The number of carboxylic acids is 1. The number of benzene rings is 1. The number of aromatic nitrogens is 2. The van der Waals surface area contributed by atoms with Gasteiger partial charge < -0.3 is 9.84 Å². The zero-order valence-electron chi connectivity index (χ0n) is 16.9. The summed E-state index contributed by atoms with van der Waals surface area (Å²) in [4.78, 5) is 41.1. The fourth-order valence-corrected chi connectivity index (χ4v) is 3.73. The topological polar surface area (TPSA) is 98.5 Å². The standard InChI is InChI=1S/C22H26N2O5/c1-22(2,3)29-21(28)17-12-15(11-7-10-14-8-5-4-6-9-14)18-23-13-16(20(26)27)19(25)24(17)18/h4-6,8-9,13,15,17H,7,10-12H2,1-3H3,(H,26,27)/t15-,17-/m0/s1. The maximum atomic E-state index is 12.8. The van der Waals surface area contributed by atoms with Gasteiger partial charge in [0.1, 0.15) is 23.0 Å². The van der Waals surface area contributed by atoms with Crippen LogP contribution in [0.1, 0.15) is 73.7 Å². The number of carboxylic acid groups (broad SMARTS) is 1. The van der Waals surface area contributed by atoms with E-state index in [1.807, 2.05) is 18.2 Å². The molecule has 0 saturated heterocycles. The van der Waals surface area contributed by atoms with Crippen LogP contribution in [0.25, 0.3) is 0 Å². The van der Waals surface area contributed by atoms with E-state index in [0.29, 0.717) is 12.2 Å². The van der Waals surface area contributed by atoms with Crippen LogP contribution >= 0.6 is 0 Å².